The van der Waals surface area contributed by atoms with E-state index in [2.05, 4.69) is 19.9 Å². The summed E-state index contributed by atoms with van der Waals surface area (Å²) in [6, 6.07) is 8.98. The number of pyridine rings is 2. The smallest absolute Gasteiger partial charge is 0.416 e. The number of hydrogen-bond donors (Lipinski definition) is 2. The van der Waals surface area contributed by atoms with Crippen LogP contribution in [-0.4, -0.2) is 37.1 Å². The number of aromatic amines is 1. The quantitative estimate of drug-likeness (QED) is 0.310. The Bertz CT molecular complexity index is 1430. The summed E-state index contributed by atoms with van der Waals surface area (Å²) in [7, 11) is 0. The van der Waals surface area contributed by atoms with Crippen molar-refractivity contribution in [3.05, 3.63) is 59.9 Å². The molecular formula is C27H25F3N4O3. The number of alkyl halides is 3. The van der Waals surface area contributed by atoms with Gasteiger partial charge in [-0.3, -0.25) is 9.78 Å². The molecule has 0 aliphatic heterocycles. The lowest BCUT2D eigenvalue weighted by atomic mass is 9.85. The first kappa shape index (κ1) is 24.7. The van der Waals surface area contributed by atoms with Gasteiger partial charge in [-0.25, -0.2) is 9.97 Å². The molecule has 5 rings (SSSR count). The summed E-state index contributed by atoms with van der Waals surface area (Å²) >= 11 is 0. The van der Waals surface area contributed by atoms with Crippen molar-refractivity contribution in [3.8, 4) is 28.5 Å². The molecule has 7 nitrogen and oxygen atoms in total. The number of rotatable bonds is 6. The third-order valence-electron chi connectivity index (χ3n) is 6.71. The second-order valence-electron chi connectivity index (χ2n) is 9.45. The van der Waals surface area contributed by atoms with Crippen LogP contribution in [0.5, 0.6) is 5.88 Å². The van der Waals surface area contributed by atoms with Gasteiger partial charge in [0.25, 0.3) is 0 Å². The van der Waals surface area contributed by atoms with E-state index >= 15 is 0 Å². The zero-order chi connectivity index (χ0) is 26.2. The number of aliphatic carboxylic acids is 1. The van der Waals surface area contributed by atoms with Crippen LogP contribution in [0.3, 0.4) is 0 Å². The predicted molar refractivity (Wildman–Crippen MR) is 131 cm³/mol. The summed E-state index contributed by atoms with van der Waals surface area (Å²) < 4.78 is 45.1. The van der Waals surface area contributed by atoms with E-state index < -0.39 is 17.7 Å². The van der Waals surface area contributed by atoms with Crippen molar-refractivity contribution >= 4 is 17.0 Å². The van der Waals surface area contributed by atoms with Crippen LogP contribution in [0.4, 0.5) is 13.2 Å². The topological polar surface area (TPSA) is 101 Å². The number of aromatic nitrogens is 4. The number of carboxylic acid groups (broad SMARTS) is 1. The molecule has 192 valence electrons. The Hall–Kier alpha value is -3.95. The first-order chi connectivity index (χ1) is 17.7. The van der Waals surface area contributed by atoms with Crippen molar-refractivity contribution in [3.63, 3.8) is 0 Å². The summed E-state index contributed by atoms with van der Waals surface area (Å²) in [5.74, 6) is 0.447. The Morgan fingerprint density at radius 3 is 2.46 bits per heavy atom. The minimum atomic E-state index is -4.43. The van der Waals surface area contributed by atoms with Crippen LogP contribution in [0.2, 0.25) is 0 Å². The minimum absolute atomic E-state index is 0.0236. The van der Waals surface area contributed by atoms with E-state index in [1.54, 1.807) is 18.5 Å². The molecular weight excluding hydrogens is 485 g/mol. The van der Waals surface area contributed by atoms with Gasteiger partial charge in [-0.2, -0.15) is 13.2 Å². The molecule has 1 fully saturated rings. The van der Waals surface area contributed by atoms with Crippen LogP contribution in [0.1, 0.15) is 43.2 Å². The highest BCUT2D eigenvalue weighted by Gasteiger charge is 2.31. The Kier molecular flexibility index (Phi) is 6.57. The summed E-state index contributed by atoms with van der Waals surface area (Å²) in [4.78, 5) is 27.3. The standard InChI is InChI=1S/C27H25F3N4O3/c1-15-10-18(14-32-26(15)37-20-6-2-16(3-7-20)11-24(35)36)21-8-4-17(13-31-21)25-33-22-9-5-19(27(28,29)30)12-23(22)34-25/h4-5,8-10,12-14,16,20H,2-3,6-7,11H2,1H3,(H,33,34)(H,35,36)/t16-,20-. The molecule has 3 heterocycles. The number of H-pyrrole nitrogens is 1. The average Bonchev–Trinajstić information content (AvgIpc) is 3.29. The lowest BCUT2D eigenvalue weighted by molar-refractivity contribution is -0.139. The monoisotopic (exact) mass is 510 g/mol. The molecule has 0 spiro atoms. The van der Waals surface area contributed by atoms with Gasteiger partial charge in [0.2, 0.25) is 5.88 Å². The van der Waals surface area contributed by atoms with Crippen molar-refractivity contribution in [1.82, 2.24) is 19.9 Å². The minimum Gasteiger partial charge on any atom is -0.481 e. The highest BCUT2D eigenvalue weighted by molar-refractivity contribution is 5.80. The van der Waals surface area contributed by atoms with Gasteiger partial charge in [0.15, 0.2) is 0 Å². The molecule has 0 unspecified atom stereocenters. The first-order valence-corrected chi connectivity index (χ1v) is 12.0. The fourth-order valence-corrected chi connectivity index (χ4v) is 4.71. The average molecular weight is 511 g/mol. The van der Waals surface area contributed by atoms with Crippen molar-refractivity contribution in [2.45, 2.75) is 51.3 Å². The summed E-state index contributed by atoms with van der Waals surface area (Å²) in [6.45, 7) is 1.92. The number of halogens is 3. The molecule has 4 aromatic rings. The SMILES string of the molecule is Cc1cc(-c2ccc(-c3nc4cc(C(F)(F)F)ccc4[nH]3)cn2)cnc1O[C@H]1CC[C@H](CC(=O)O)CC1. The van der Waals surface area contributed by atoms with Crippen molar-refractivity contribution in [2.24, 2.45) is 5.92 Å². The van der Waals surface area contributed by atoms with Crippen LogP contribution in [0.15, 0.2) is 48.8 Å². The molecule has 1 aliphatic rings. The number of carboxylic acids is 1. The van der Waals surface area contributed by atoms with E-state index in [9.17, 15) is 18.0 Å². The zero-order valence-electron chi connectivity index (χ0n) is 20.0. The molecule has 0 saturated heterocycles. The number of hydrogen-bond acceptors (Lipinski definition) is 5. The normalized spacial score (nSPS) is 18.2. The fourth-order valence-electron chi connectivity index (χ4n) is 4.71. The van der Waals surface area contributed by atoms with Gasteiger partial charge >= 0.3 is 12.1 Å². The summed E-state index contributed by atoms with van der Waals surface area (Å²) in [6.07, 6.45) is 2.40. The lowest BCUT2D eigenvalue weighted by Gasteiger charge is -2.28. The van der Waals surface area contributed by atoms with Crippen molar-refractivity contribution in [2.75, 3.05) is 0 Å². The Balaban J connectivity index is 1.27. The molecule has 0 atom stereocenters. The van der Waals surface area contributed by atoms with Gasteiger partial charge in [0.1, 0.15) is 11.9 Å². The number of fused-ring (bicyclic) bond motifs is 1. The number of nitrogens with zero attached hydrogens (tertiary/aromatic N) is 3. The first-order valence-electron chi connectivity index (χ1n) is 12.0. The Morgan fingerprint density at radius 2 is 1.81 bits per heavy atom. The fraction of sp³-hybridized carbons (Fsp3) is 0.333. The molecule has 3 aromatic heterocycles. The molecule has 0 amide bonds. The van der Waals surface area contributed by atoms with Gasteiger partial charge in [-0.1, -0.05) is 0 Å². The molecule has 0 radical (unpaired) electrons. The van der Waals surface area contributed by atoms with Crippen LogP contribution in [-0.2, 0) is 11.0 Å². The highest BCUT2D eigenvalue weighted by Crippen LogP contribution is 2.33. The number of ether oxygens (including phenoxy) is 1. The molecule has 0 bridgehead atoms. The maximum atomic E-state index is 13.0. The van der Waals surface area contributed by atoms with Crippen molar-refractivity contribution in [1.29, 1.82) is 0 Å². The van der Waals surface area contributed by atoms with Crippen LogP contribution in [0, 0.1) is 12.8 Å². The molecule has 1 saturated carbocycles. The molecule has 1 aromatic carbocycles. The number of nitrogens with one attached hydrogen (secondary N) is 1. The summed E-state index contributed by atoms with van der Waals surface area (Å²) in [5.41, 5.74) is 3.02. The molecule has 1 aliphatic carbocycles. The second kappa shape index (κ2) is 9.84. The number of imidazole rings is 1. The van der Waals surface area contributed by atoms with E-state index in [4.69, 9.17) is 9.84 Å². The van der Waals surface area contributed by atoms with Crippen LogP contribution < -0.4 is 4.74 Å². The van der Waals surface area contributed by atoms with Gasteiger partial charge in [0.05, 0.1) is 22.3 Å². The third kappa shape index (κ3) is 5.58. The molecule has 10 heteroatoms. The van der Waals surface area contributed by atoms with E-state index in [-0.39, 0.29) is 24.0 Å². The Labute approximate surface area is 210 Å². The predicted octanol–water partition coefficient (Wildman–Crippen LogP) is 6.43. The van der Waals surface area contributed by atoms with Gasteiger partial charge in [0, 0.05) is 35.5 Å². The Morgan fingerprint density at radius 1 is 1.05 bits per heavy atom. The zero-order valence-corrected chi connectivity index (χ0v) is 20.0. The molecule has 2 N–H and O–H groups in total. The summed E-state index contributed by atoms with van der Waals surface area (Å²) in [5, 5.41) is 8.97. The van der Waals surface area contributed by atoms with Crippen LogP contribution >= 0.6 is 0 Å². The van der Waals surface area contributed by atoms with E-state index in [1.165, 1.54) is 6.07 Å². The molecule has 37 heavy (non-hydrogen) atoms. The third-order valence-corrected chi connectivity index (χ3v) is 6.71. The highest BCUT2D eigenvalue weighted by atomic mass is 19.4. The second-order valence-corrected chi connectivity index (χ2v) is 9.45. The van der Waals surface area contributed by atoms with Crippen LogP contribution in [0.25, 0.3) is 33.7 Å². The number of aryl methyl sites for hydroxylation is 1. The van der Waals surface area contributed by atoms with Crippen molar-refractivity contribution < 1.29 is 27.8 Å². The van der Waals surface area contributed by atoms with E-state index in [0.717, 1.165) is 48.9 Å². The van der Waals surface area contributed by atoms with Gasteiger partial charge in [-0.15, -0.1) is 0 Å². The lowest BCUT2D eigenvalue weighted by Crippen LogP contribution is -2.25. The maximum Gasteiger partial charge on any atom is 0.416 e. The van der Waals surface area contributed by atoms with Gasteiger partial charge < -0.3 is 14.8 Å². The van der Waals surface area contributed by atoms with E-state index in [1.807, 2.05) is 19.1 Å². The number of benzene rings is 1. The van der Waals surface area contributed by atoms with E-state index in [0.29, 0.717) is 28.5 Å². The van der Waals surface area contributed by atoms with Gasteiger partial charge in [-0.05, 0) is 74.9 Å². The number of carbonyl (C=O) groups is 1. The maximum absolute atomic E-state index is 13.0. The largest absolute Gasteiger partial charge is 0.481 e.